The molecular weight excluding hydrogens is 272 g/mol. The summed E-state index contributed by atoms with van der Waals surface area (Å²) in [6.45, 7) is 1.88. The van der Waals surface area contributed by atoms with Crippen molar-refractivity contribution in [3.8, 4) is 6.07 Å². The molecule has 0 aromatic carbocycles. The van der Waals surface area contributed by atoms with Gasteiger partial charge in [-0.05, 0) is 54.1 Å². The van der Waals surface area contributed by atoms with Gasteiger partial charge in [0.05, 0.1) is 17.7 Å². The third-order valence-corrected chi connectivity index (χ3v) is 4.26. The van der Waals surface area contributed by atoms with E-state index in [0.717, 1.165) is 28.7 Å². The molecule has 1 aliphatic rings. The highest BCUT2D eigenvalue weighted by molar-refractivity contribution is 7.99. The van der Waals surface area contributed by atoms with Gasteiger partial charge in [0, 0.05) is 5.69 Å². The van der Waals surface area contributed by atoms with Crippen LogP contribution in [0.3, 0.4) is 0 Å². The number of hydrogen-bond donors (Lipinski definition) is 0. The highest BCUT2D eigenvalue weighted by Crippen LogP contribution is 2.33. The molecule has 7 heteroatoms. The van der Waals surface area contributed by atoms with Crippen LogP contribution in [0.15, 0.2) is 22.3 Å². The molecule has 1 fully saturated rings. The Hall–Kier alpha value is -1.94. The minimum absolute atomic E-state index is 0.396. The van der Waals surface area contributed by atoms with E-state index in [4.69, 9.17) is 5.26 Å². The summed E-state index contributed by atoms with van der Waals surface area (Å²) in [5.41, 5.74) is 1.44. The average molecular weight is 286 g/mol. The molecule has 1 aliphatic carbocycles. The zero-order chi connectivity index (χ0) is 13.9. The van der Waals surface area contributed by atoms with Crippen LogP contribution in [0.4, 0.5) is 0 Å². The van der Waals surface area contributed by atoms with E-state index in [2.05, 4.69) is 26.6 Å². The maximum atomic E-state index is 9.01. The smallest absolute Gasteiger partial charge is 0.215 e. The Morgan fingerprint density at radius 3 is 2.90 bits per heavy atom. The maximum Gasteiger partial charge on any atom is 0.215 e. The van der Waals surface area contributed by atoms with Gasteiger partial charge in [0.1, 0.15) is 5.03 Å². The van der Waals surface area contributed by atoms with E-state index in [-0.39, 0.29) is 0 Å². The van der Waals surface area contributed by atoms with Crippen molar-refractivity contribution in [2.24, 2.45) is 0 Å². The Balaban J connectivity index is 1.86. The number of aryl methyl sites for hydroxylation is 1. The number of pyridine rings is 1. The first-order valence-corrected chi connectivity index (χ1v) is 7.42. The quantitative estimate of drug-likeness (QED) is 0.862. The second-order valence-electron chi connectivity index (χ2n) is 4.89. The molecule has 0 atom stereocenters. The lowest BCUT2D eigenvalue weighted by atomic mass is 10.2. The number of aromatic nitrogens is 5. The summed E-state index contributed by atoms with van der Waals surface area (Å²) in [5, 5.41) is 22.5. The number of nitriles is 1. The first-order chi connectivity index (χ1) is 9.76. The van der Waals surface area contributed by atoms with Crippen molar-refractivity contribution in [3.05, 3.63) is 23.4 Å². The van der Waals surface area contributed by atoms with E-state index in [1.807, 2.05) is 11.6 Å². The number of hydrogen-bond acceptors (Lipinski definition) is 6. The van der Waals surface area contributed by atoms with Crippen molar-refractivity contribution >= 4 is 11.8 Å². The fourth-order valence-corrected chi connectivity index (χ4v) is 3.40. The molecule has 2 aromatic heterocycles. The van der Waals surface area contributed by atoms with Gasteiger partial charge in [-0.25, -0.2) is 9.67 Å². The largest absolute Gasteiger partial charge is 0.246 e. The Labute approximate surface area is 121 Å². The summed E-state index contributed by atoms with van der Waals surface area (Å²) in [5.74, 6) is 0. The van der Waals surface area contributed by atoms with Crippen molar-refractivity contribution in [1.82, 2.24) is 25.2 Å². The minimum Gasteiger partial charge on any atom is -0.246 e. The van der Waals surface area contributed by atoms with E-state index in [1.54, 1.807) is 12.1 Å². The molecule has 3 rings (SSSR count). The van der Waals surface area contributed by atoms with Gasteiger partial charge in [0.15, 0.2) is 0 Å². The normalized spacial score (nSPS) is 15.4. The van der Waals surface area contributed by atoms with E-state index in [0.29, 0.717) is 11.6 Å². The van der Waals surface area contributed by atoms with Crippen LogP contribution in [-0.4, -0.2) is 25.2 Å². The standard InChI is InChI=1S/C13H14N6S/c1-9-6-10(8-14)7-12(15-9)20-13-16-17-18-19(13)11-4-2-3-5-11/h6-7,11H,2-5H2,1H3. The van der Waals surface area contributed by atoms with Gasteiger partial charge in [-0.3, -0.25) is 0 Å². The zero-order valence-electron chi connectivity index (χ0n) is 11.2. The van der Waals surface area contributed by atoms with Crippen molar-refractivity contribution in [2.45, 2.75) is 48.8 Å². The molecule has 0 saturated heterocycles. The minimum atomic E-state index is 0.396. The Morgan fingerprint density at radius 2 is 2.15 bits per heavy atom. The Bertz CT molecular complexity index is 653. The third-order valence-electron chi connectivity index (χ3n) is 3.39. The van der Waals surface area contributed by atoms with E-state index in [1.165, 1.54) is 24.6 Å². The highest BCUT2D eigenvalue weighted by atomic mass is 32.2. The lowest BCUT2D eigenvalue weighted by molar-refractivity contribution is 0.423. The zero-order valence-corrected chi connectivity index (χ0v) is 12.0. The highest BCUT2D eigenvalue weighted by Gasteiger charge is 2.22. The van der Waals surface area contributed by atoms with Gasteiger partial charge in [-0.15, -0.1) is 5.10 Å². The first kappa shape index (κ1) is 13.1. The summed E-state index contributed by atoms with van der Waals surface area (Å²) in [6.07, 6.45) is 4.72. The van der Waals surface area contributed by atoms with Gasteiger partial charge in [0.2, 0.25) is 5.16 Å². The van der Waals surface area contributed by atoms with Crippen LogP contribution in [-0.2, 0) is 0 Å². The van der Waals surface area contributed by atoms with E-state index >= 15 is 0 Å². The summed E-state index contributed by atoms with van der Waals surface area (Å²) in [7, 11) is 0. The van der Waals surface area contributed by atoms with Gasteiger partial charge < -0.3 is 0 Å². The molecule has 0 aliphatic heterocycles. The fourth-order valence-electron chi connectivity index (χ4n) is 2.48. The average Bonchev–Trinajstić information content (AvgIpc) is 3.08. The van der Waals surface area contributed by atoms with Crippen molar-refractivity contribution in [3.63, 3.8) is 0 Å². The molecule has 1 saturated carbocycles. The summed E-state index contributed by atoms with van der Waals surface area (Å²) in [6, 6.07) is 6.08. The van der Waals surface area contributed by atoms with Gasteiger partial charge in [0.25, 0.3) is 0 Å². The number of rotatable bonds is 3. The maximum absolute atomic E-state index is 9.01. The predicted molar refractivity (Wildman–Crippen MR) is 73.1 cm³/mol. The van der Waals surface area contributed by atoms with Crippen LogP contribution < -0.4 is 0 Å². The summed E-state index contributed by atoms with van der Waals surface area (Å²) >= 11 is 1.42. The molecule has 0 spiro atoms. The monoisotopic (exact) mass is 286 g/mol. The topological polar surface area (TPSA) is 80.3 Å². The molecule has 2 heterocycles. The number of nitrogens with zero attached hydrogens (tertiary/aromatic N) is 6. The molecule has 102 valence electrons. The molecule has 0 bridgehead atoms. The van der Waals surface area contributed by atoms with Crippen LogP contribution in [0, 0.1) is 18.3 Å². The van der Waals surface area contributed by atoms with Crippen LogP contribution in [0.2, 0.25) is 0 Å². The number of tetrazole rings is 1. The van der Waals surface area contributed by atoms with E-state index < -0.39 is 0 Å². The lowest BCUT2D eigenvalue weighted by Gasteiger charge is -2.10. The van der Waals surface area contributed by atoms with Crippen molar-refractivity contribution in [1.29, 1.82) is 5.26 Å². The Morgan fingerprint density at radius 1 is 1.35 bits per heavy atom. The molecule has 0 unspecified atom stereocenters. The van der Waals surface area contributed by atoms with Gasteiger partial charge in [-0.2, -0.15) is 5.26 Å². The van der Waals surface area contributed by atoms with Crippen LogP contribution in [0.25, 0.3) is 0 Å². The predicted octanol–water partition coefficient (Wildman–Crippen LogP) is 2.51. The molecule has 2 aromatic rings. The van der Waals surface area contributed by atoms with Crippen LogP contribution >= 0.6 is 11.8 Å². The molecule has 20 heavy (non-hydrogen) atoms. The summed E-state index contributed by atoms with van der Waals surface area (Å²) in [4.78, 5) is 4.43. The second-order valence-corrected chi connectivity index (χ2v) is 5.88. The fraction of sp³-hybridized carbons (Fsp3) is 0.462. The molecule has 0 amide bonds. The van der Waals surface area contributed by atoms with Crippen LogP contribution in [0.5, 0.6) is 0 Å². The lowest BCUT2D eigenvalue weighted by Crippen LogP contribution is -2.08. The third kappa shape index (κ3) is 2.65. The molecule has 0 N–H and O–H groups in total. The van der Waals surface area contributed by atoms with Gasteiger partial charge in [-0.1, -0.05) is 12.8 Å². The summed E-state index contributed by atoms with van der Waals surface area (Å²) < 4.78 is 1.90. The Kier molecular flexibility index (Phi) is 3.65. The molecule has 0 radical (unpaired) electrons. The SMILES string of the molecule is Cc1cc(C#N)cc(Sc2nnnn2C2CCCC2)n1. The second kappa shape index (κ2) is 5.59. The van der Waals surface area contributed by atoms with Gasteiger partial charge >= 0.3 is 0 Å². The first-order valence-electron chi connectivity index (χ1n) is 6.61. The molecular formula is C13H14N6S. The van der Waals surface area contributed by atoms with Crippen LogP contribution in [0.1, 0.15) is 43.0 Å². The van der Waals surface area contributed by atoms with E-state index in [9.17, 15) is 0 Å². The van der Waals surface area contributed by atoms with Crippen molar-refractivity contribution < 1.29 is 0 Å². The van der Waals surface area contributed by atoms with Crippen molar-refractivity contribution in [2.75, 3.05) is 0 Å². The molecule has 6 nitrogen and oxygen atoms in total.